The van der Waals surface area contributed by atoms with Gasteiger partial charge >= 0.3 is 5.97 Å². The van der Waals surface area contributed by atoms with Crippen molar-refractivity contribution in [3.63, 3.8) is 0 Å². The van der Waals surface area contributed by atoms with Gasteiger partial charge in [-0.2, -0.15) is 0 Å². The van der Waals surface area contributed by atoms with Crippen molar-refractivity contribution in [2.24, 2.45) is 11.3 Å². The minimum absolute atomic E-state index is 0.250. The largest absolute Gasteiger partial charge is 0.477 e. The van der Waals surface area contributed by atoms with Gasteiger partial charge in [0.05, 0.1) is 0 Å². The molecule has 0 radical (unpaired) electrons. The first kappa shape index (κ1) is 15.2. The number of hydrogen-bond acceptors (Lipinski definition) is 3. The van der Waals surface area contributed by atoms with Gasteiger partial charge in [-0.15, -0.1) is 11.3 Å². The Balaban J connectivity index is 2.57. The maximum absolute atomic E-state index is 10.9. The Hall–Kier alpha value is -0.870. The zero-order valence-electron chi connectivity index (χ0n) is 11.8. The molecular weight excluding hydrogens is 246 g/mol. The number of thiophene rings is 1. The van der Waals surface area contributed by atoms with Gasteiger partial charge in [0.25, 0.3) is 0 Å². The normalized spacial score (nSPS) is 12.1. The molecule has 1 rings (SSSR count). The van der Waals surface area contributed by atoms with E-state index >= 15 is 0 Å². The lowest BCUT2D eigenvalue weighted by Crippen LogP contribution is -2.33. The highest BCUT2D eigenvalue weighted by molar-refractivity contribution is 7.14. The quantitative estimate of drug-likeness (QED) is 0.830. The minimum atomic E-state index is -0.836. The number of carboxylic acids is 1. The molecule has 0 unspecified atom stereocenters. The van der Waals surface area contributed by atoms with Crippen molar-refractivity contribution < 1.29 is 9.90 Å². The highest BCUT2D eigenvalue weighted by Gasteiger charge is 2.21. The van der Waals surface area contributed by atoms with Crippen LogP contribution in [0.25, 0.3) is 0 Å². The van der Waals surface area contributed by atoms with E-state index in [9.17, 15) is 4.79 Å². The summed E-state index contributed by atoms with van der Waals surface area (Å²) in [7, 11) is 0. The van der Waals surface area contributed by atoms with Crippen LogP contribution in [-0.4, -0.2) is 17.6 Å². The molecule has 0 saturated heterocycles. The maximum Gasteiger partial charge on any atom is 0.345 e. The van der Waals surface area contributed by atoms with Gasteiger partial charge in [-0.3, -0.25) is 0 Å². The van der Waals surface area contributed by atoms with Gasteiger partial charge in [0.1, 0.15) is 4.88 Å². The fourth-order valence-corrected chi connectivity index (χ4v) is 2.40. The average Bonchev–Trinajstić information content (AvgIpc) is 2.60. The molecule has 102 valence electrons. The third-order valence-electron chi connectivity index (χ3n) is 3.69. The molecule has 1 aromatic heterocycles. The fourth-order valence-electron chi connectivity index (χ4n) is 1.52. The number of carbonyl (C=O) groups is 1. The molecule has 3 nitrogen and oxygen atoms in total. The Bertz CT molecular complexity index is 421. The maximum atomic E-state index is 10.9. The molecule has 0 fully saturated rings. The second kappa shape index (κ2) is 5.85. The molecule has 0 bridgehead atoms. The molecule has 0 aliphatic heterocycles. The molecule has 18 heavy (non-hydrogen) atoms. The van der Waals surface area contributed by atoms with Crippen molar-refractivity contribution in [1.82, 2.24) is 5.32 Å². The number of aromatic carboxylic acids is 1. The second-order valence-corrected chi connectivity index (χ2v) is 7.00. The summed E-state index contributed by atoms with van der Waals surface area (Å²) < 4.78 is 0. The predicted octanol–water partition coefficient (Wildman–Crippen LogP) is 3.53. The Kier molecular flexibility index (Phi) is 4.93. The molecule has 0 atom stereocenters. The first-order chi connectivity index (χ1) is 8.24. The highest BCUT2D eigenvalue weighted by Crippen LogP contribution is 2.25. The molecule has 4 heteroatoms. The van der Waals surface area contributed by atoms with E-state index in [4.69, 9.17) is 5.11 Å². The number of rotatable bonds is 6. The van der Waals surface area contributed by atoms with Crippen molar-refractivity contribution in [3.05, 3.63) is 21.4 Å². The standard InChI is InChI=1S/C14H23NO2S/c1-9(2)14(4,5)8-15-7-11-6-12(13(16)17)18-10(11)3/h6,9,15H,7-8H2,1-5H3,(H,16,17). The van der Waals surface area contributed by atoms with Gasteiger partial charge in [-0.25, -0.2) is 4.79 Å². The first-order valence-electron chi connectivity index (χ1n) is 6.27. The van der Waals surface area contributed by atoms with Crippen molar-refractivity contribution >= 4 is 17.3 Å². The van der Waals surface area contributed by atoms with Crippen molar-refractivity contribution in [2.45, 2.75) is 41.2 Å². The predicted molar refractivity (Wildman–Crippen MR) is 76.3 cm³/mol. The average molecular weight is 269 g/mol. The Morgan fingerprint density at radius 3 is 2.56 bits per heavy atom. The lowest BCUT2D eigenvalue weighted by atomic mass is 9.81. The van der Waals surface area contributed by atoms with E-state index in [-0.39, 0.29) is 5.41 Å². The van der Waals surface area contributed by atoms with Gasteiger partial charge in [0, 0.05) is 18.0 Å². The summed E-state index contributed by atoms with van der Waals surface area (Å²) in [5, 5.41) is 12.4. The Morgan fingerprint density at radius 1 is 1.50 bits per heavy atom. The summed E-state index contributed by atoms with van der Waals surface area (Å²) in [6.45, 7) is 12.6. The van der Waals surface area contributed by atoms with Gasteiger partial charge in [-0.05, 0) is 29.9 Å². The lowest BCUT2D eigenvalue weighted by Gasteiger charge is -2.29. The van der Waals surface area contributed by atoms with Crippen molar-refractivity contribution in [2.75, 3.05) is 6.54 Å². The molecule has 2 N–H and O–H groups in total. The van der Waals surface area contributed by atoms with Gasteiger partial charge in [0.2, 0.25) is 0 Å². The molecule has 1 heterocycles. The molecular formula is C14H23NO2S. The van der Waals surface area contributed by atoms with Crippen molar-refractivity contribution in [3.8, 4) is 0 Å². The van der Waals surface area contributed by atoms with Crippen LogP contribution in [0.1, 0.15) is 47.8 Å². The smallest absolute Gasteiger partial charge is 0.345 e. The third kappa shape index (κ3) is 3.82. The Labute approximate surface area is 113 Å². The number of nitrogens with one attached hydrogen (secondary N) is 1. The van der Waals surface area contributed by atoms with Crippen LogP contribution in [0.15, 0.2) is 6.07 Å². The molecule has 0 aromatic carbocycles. The summed E-state index contributed by atoms with van der Waals surface area (Å²) in [6, 6.07) is 1.78. The van der Waals surface area contributed by atoms with E-state index in [0.717, 1.165) is 23.5 Å². The molecule has 0 aliphatic carbocycles. The zero-order valence-corrected chi connectivity index (χ0v) is 12.6. The summed E-state index contributed by atoms with van der Waals surface area (Å²) in [5.41, 5.74) is 1.34. The van der Waals surface area contributed by atoms with Crippen LogP contribution < -0.4 is 5.32 Å². The number of aryl methyl sites for hydroxylation is 1. The molecule has 0 spiro atoms. The van der Waals surface area contributed by atoms with E-state index in [2.05, 4.69) is 33.0 Å². The highest BCUT2D eigenvalue weighted by atomic mass is 32.1. The molecule has 0 amide bonds. The van der Waals surface area contributed by atoms with E-state index in [1.807, 2.05) is 6.92 Å². The molecule has 0 aliphatic rings. The van der Waals surface area contributed by atoms with Crippen LogP contribution in [0, 0.1) is 18.3 Å². The summed E-state index contributed by atoms with van der Waals surface area (Å²) in [4.78, 5) is 12.4. The van der Waals surface area contributed by atoms with E-state index in [1.54, 1.807) is 6.07 Å². The number of hydrogen-bond donors (Lipinski definition) is 2. The van der Waals surface area contributed by atoms with Gasteiger partial charge in [-0.1, -0.05) is 27.7 Å². The van der Waals surface area contributed by atoms with Gasteiger partial charge in [0.15, 0.2) is 0 Å². The van der Waals surface area contributed by atoms with Crippen LogP contribution in [0.2, 0.25) is 0 Å². The van der Waals surface area contributed by atoms with Crippen LogP contribution in [0.3, 0.4) is 0 Å². The summed E-state index contributed by atoms with van der Waals surface area (Å²) >= 11 is 1.35. The molecule has 1 aromatic rings. The SMILES string of the molecule is Cc1sc(C(=O)O)cc1CNCC(C)(C)C(C)C. The first-order valence-corrected chi connectivity index (χ1v) is 7.09. The minimum Gasteiger partial charge on any atom is -0.477 e. The third-order valence-corrected chi connectivity index (χ3v) is 4.77. The van der Waals surface area contributed by atoms with Crippen LogP contribution in [-0.2, 0) is 6.54 Å². The van der Waals surface area contributed by atoms with E-state index in [0.29, 0.717) is 10.8 Å². The fraction of sp³-hybridized carbons (Fsp3) is 0.643. The Morgan fingerprint density at radius 2 is 2.11 bits per heavy atom. The monoisotopic (exact) mass is 269 g/mol. The lowest BCUT2D eigenvalue weighted by molar-refractivity contribution is 0.0702. The van der Waals surface area contributed by atoms with Crippen LogP contribution in [0.4, 0.5) is 0 Å². The van der Waals surface area contributed by atoms with Crippen molar-refractivity contribution in [1.29, 1.82) is 0 Å². The van der Waals surface area contributed by atoms with E-state index < -0.39 is 5.97 Å². The van der Waals surface area contributed by atoms with Crippen LogP contribution >= 0.6 is 11.3 Å². The van der Waals surface area contributed by atoms with E-state index in [1.165, 1.54) is 11.3 Å². The molecule has 0 saturated carbocycles. The topological polar surface area (TPSA) is 49.3 Å². The van der Waals surface area contributed by atoms with Crippen LogP contribution in [0.5, 0.6) is 0 Å². The van der Waals surface area contributed by atoms with Gasteiger partial charge < -0.3 is 10.4 Å². The number of carboxylic acid groups (broad SMARTS) is 1. The summed E-state index contributed by atoms with van der Waals surface area (Å²) in [6.07, 6.45) is 0. The summed E-state index contributed by atoms with van der Waals surface area (Å²) in [5.74, 6) is -0.222. The second-order valence-electron chi connectivity index (χ2n) is 5.74. The zero-order chi connectivity index (χ0) is 13.9.